The zero-order valence-electron chi connectivity index (χ0n) is 17.9. The van der Waals surface area contributed by atoms with E-state index < -0.39 is 23.8 Å². The Morgan fingerprint density at radius 3 is 2.18 bits per heavy atom. The van der Waals surface area contributed by atoms with Gasteiger partial charge in [-0.05, 0) is 78.0 Å². The summed E-state index contributed by atoms with van der Waals surface area (Å²) in [6.07, 6.45) is 0.0847. The summed E-state index contributed by atoms with van der Waals surface area (Å²) in [5, 5.41) is 12.8. The fourth-order valence-corrected chi connectivity index (χ4v) is 3.74. The molecule has 0 unspecified atom stereocenters. The smallest absolute Gasteiger partial charge is 0.309 e. The molecule has 0 aliphatic heterocycles. The van der Waals surface area contributed by atoms with Crippen molar-refractivity contribution in [3.63, 3.8) is 0 Å². The van der Waals surface area contributed by atoms with Crippen molar-refractivity contribution >= 4 is 22.6 Å². The van der Waals surface area contributed by atoms with Crippen molar-refractivity contribution in [2.24, 2.45) is 0 Å². The molecule has 4 aromatic rings. The molecule has 0 radical (unpaired) electrons. The highest BCUT2D eigenvalue weighted by atomic mass is 19.1. The van der Waals surface area contributed by atoms with Crippen LogP contribution < -0.4 is 10.9 Å². The zero-order chi connectivity index (χ0) is 24.2. The topological polar surface area (TPSA) is 88.4 Å². The van der Waals surface area contributed by atoms with Gasteiger partial charge in [-0.1, -0.05) is 12.1 Å². The third kappa shape index (κ3) is 5.01. The van der Waals surface area contributed by atoms with E-state index in [-0.39, 0.29) is 17.4 Å². The van der Waals surface area contributed by atoms with Gasteiger partial charge in [0.1, 0.15) is 11.6 Å². The molecule has 4 rings (SSSR count). The number of carbonyl (C=O) groups excluding carboxylic acids is 1. The summed E-state index contributed by atoms with van der Waals surface area (Å²) in [4.78, 5) is 37.2. The molecular formula is C26H20F2N2O4. The van der Waals surface area contributed by atoms with Crippen LogP contribution in [0.4, 0.5) is 8.78 Å². The Bertz CT molecular complexity index is 1430. The van der Waals surface area contributed by atoms with Crippen molar-refractivity contribution in [2.75, 3.05) is 6.54 Å². The predicted octanol–water partition coefficient (Wildman–Crippen LogP) is 3.87. The fraction of sp³-hybridized carbons (Fsp3) is 0.115. The minimum Gasteiger partial charge on any atom is -0.481 e. The zero-order valence-corrected chi connectivity index (χ0v) is 17.9. The van der Waals surface area contributed by atoms with Gasteiger partial charge in [0.05, 0.1) is 6.42 Å². The van der Waals surface area contributed by atoms with Gasteiger partial charge in [-0.25, -0.2) is 8.78 Å². The van der Waals surface area contributed by atoms with Crippen LogP contribution >= 0.6 is 0 Å². The summed E-state index contributed by atoms with van der Waals surface area (Å²) in [7, 11) is 0. The number of carboxylic acids is 1. The normalized spacial score (nSPS) is 10.9. The second-order valence-electron chi connectivity index (χ2n) is 7.76. The van der Waals surface area contributed by atoms with E-state index in [0.717, 1.165) is 5.56 Å². The number of fused-ring (bicyclic) bond motifs is 1. The minimum absolute atomic E-state index is 0.200. The number of aromatic nitrogens is 1. The van der Waals surface area contributed by atoms with E-state index in [9.17, 15) is 28.3 Å². The molecule has 0 saturated carbocycles. The molecule has 8 heteroatoms. The Labute approximate surface area is 193 Å². The van der Waals surface area contributed by atoms with Crippen LogP contribution in [0.25, 0.3) is 16.5 Å². The van der Waals surface area contributed by atoms with Crippen molar-refractivity contribution in [3.05, 3.63) is 112 Å². The lowest BCUT2D eigenvalue weighted by Gasteiger charge is -2.14. The number of aliphatic carboxylic acids is 1. The average Bonchev–Trinajstić information content (AvgIpc) is 2.81. The molecule has 3 aromatic carbocycles. The minimum atomic E-state index is -1.13. The van der Waals surface area contributed by atoms with Crippen LogP contribution in [0.15, 0.2) is 77.6 Å². The Hall–Kier alpha value is -4.33. The molecule has 0 aliphatic carbocycles. The Kier molecular flexibility index (Phi) is 6.49. The molecule has 0 fully saturated rings. The van der Waals surface area contributed by atoms with Gasteiger partial charge in [-0.15, -0.1) is 0 Å². The Balaban J connectivity index is 1.63. The maximum absolute atomic E-state index is 13.4. The van der Waals surface area contributed by atoms with Crippen molar-refractivity contribution in [1.29, 1.82) is 0 Å². The molecule has 6 nitrogen and oxygen atoms in total. The lowest BCUT2D eigenvalue weighted by atomic mass is 10.1. The van der Waals surface area contributed by atoms with Crippen LogP contribution in [-0.2, 0) is 17.6 Å². The first kappa shape index (κ1) is 22.8. The SMILES string of the molecule is O=C(O)Cc1cc2cc(C(=O)NCCc3ccc(F)cc3)ccc2c(=O)n1-c1ccc(F)cc1. The number of nitrogens with one attached hydrogen (secondary N) is 1. The molecule has 0 saturated heterocycles. The Morgan fingerprint density at radius 1 is 0.882 bits per heavy atom. The summed E-state index contributed by atoms with van der Waals surface area (Å²) < 4.78 is 27.6. The summed E-state index contributed by atoms with van der Waals surface area (Å²) >= 11 is 0. The highest BCUT2D eigenvalue weighted by molar-refractivity contribution is 5.98. The van der Waals surface area contributed by atoms with Gasteiger partial charge in [-0.2, -0.15) is 0 Å². The highest BCUT2D eigenvalue weighted by Gasteiger charge is 2.15. The van der Waals surface area contributed by atoms with E-state index in [1.165, 1.54) is 59.2 Å². The predicted molar refractivity (Wildman–Crippen MR) is 123 cm³/mol. The number of halogens is 2. The molecule has 1 aromatic heterocycles. The molecule has 0 bridgehead atoms. The number of rotatable bonds is 7. The van der Waals surface area contributed by atoms with Crippen LogP contribution in [0, 0.1) is 11.6 Å². The van der Waals surface area contributed by atoms with Crippen LogP contribution in [0.2, 0.25) is 0 Å². The number of nitrogens with zero attached hydrogens (tertiary/aromatic N) is 1. The quantitative estimate of drug-likeness (QED) is 0.437. The molecule has 0 aliphatic rings. The maximum atomic E-state index is 13.4. The number of amides is 1. The summed E-state index contributed by atoms with van der Waals surface area (Å²) in [6, 6.07) is 17.3. The number of hydrogen-bond donors (Lipinski definition) is 2. The van der Waals surface area contributed by atoms with Gasteiger partial charge in [0.15, 0.2) is 0 Å². The summed E-state index contributed by atoms with van der Waals surface area (Å²) in [6.45, 7) is 0.332. The van der Waals surface area contributed by atoms with Crippen molar-refractivity contribution in [1.82, 2.24) is 9.88 Å². The molecule has 0 atom stereocenters. The van der Waals surface area contributed by atoms with Crippen LogP contribution in [0.3, 0.4) is 0 Å². The Morgan fingerprint density at radius 2 is 1.53 bits per heavy atom. The fourth-order valence-electron chi connectivity index (χ4n) is 3.74. The summed E-state index contributed by atoms with van der Waals surface area (Å²) in [5.41, 5.74) is 1.26. The number of hydrogen-bond acceptors (Lipinski definition) is 3. The number of carbonyl (C=O) groups is 2. The molecule has 172 valence electrons. The third-order valence-corrected chi connectivity index (χ3v) is 5.39. The number of pyridine rings is 1. The van der Waals surface area contributed by atoms with Crippen LogP contribution in [0.1, 0.15) is 21.6 Å². The molecular weight excluding hydrogens is 442 g/mol. The largest absolute Gasteiger partial charge is 0.481 e. The third-order valence-electron chi connectivity index (χ3n) is 5.39. The van der Waals surface area contributed by atoms with E-state index in [2.05, 4.69) is 5.32 Å². The van der Waals surface area contributed by atoms with E-state index >= 15 is 0 Å². The molecule has 0 spiro atoms. The van der Waals surface area contributed by atoms with E-state index in [1.54, 1.807) is 18.2 Å². The van der Waals surface area contributed by atoms with Crippen molar-refractivity contribution < 1.29 is 23.5 Å². The molecule has 1 heterocycles. The second-order valence-corrected chi connectivity index (χ2v) is 7.76. The van der Waals surface area contributed by atoms with E-state index in [4.69, 9.17) is 0 Å². The summed E-state index contributed by atoms with van der Waals surface area (Å²) in [5.74, 6) is -2.30. The maximum Gasteiger partial charge on any atom is 0.309 e. The first-order valence-electron chi connectivity index (χ1n) is 10.5. The first-order valence-corrected chi connectivity index (χ1v) is 10.5. The van der Waals surface area contributed by atoms with Gasteiger partial charge in [-0.3, -0.25) is 19.0 Å². The van der Waals surface area contributed by atoms with E-state index in [1.807, 2.05) is 0 Å². The lowest BCUT2D eigenvalue weighted by molar-refractivity contribution is -0.136. The molecule has 1 amide bonds. The van der Waals surface area contributed by atoms with Gasteiger partial charge in [0.25, 0.3) is 11.5 Å². The van der Waals surface area contributed by atoms with Crippen LogP contribution in [0.5, 0.6) is 0 Å². The first-order chi connectivity index (χ1) is 16.3. The van der Waals surface area contributed by atoms with Gasteiger partial charge in [0, 0.05) is 28.9 Å². The highest BCUT2D eigenvalue weighted by Crippen LogP contribution is 2.19. The van der Waals surface area contributed by atoms with Crippen molar-refractivity contribution in [3.8, 4) is 5.69 Å². The van der Waals surface area contributed by atoms with Gasteiger partial charge >= 0.3 is 5.97 Å². The monoisotopic (exact) mass is 462 g/mol. The van der Waals surface area contributed by atoms with Gasteiger partial charge < -0.3 is 10.4 Å². The van der Waals surface area contributed by atoms with Gasteiger partial charge in [0.2, 0.25) is 0 Å². The second kappa shape index (κ2) is 9.66. The number of benzene rings is 3. The number of carboxylic acid groups (broad SMARTS) is 1. The van der Waals surface area contributed by atoms with Crippen LogP contribution in [-0.4, -0.2) is 28.1 Å². The van der Waals surface area contributed by atoms with E-state index in [0.29, 0.717) is 35.0 Å². The van der Waals surface area contributed by atoms with Crippen molar-refractivity contribution in [2.45, 2.75) is 12.8 Å². The standard InChI is InChI=1S/C26H20F2N2O4/c27-19-4-1-16(2-5-19)11-12-29-25(33)17-3-10-23-18(13-17)14-22(15-24(31)32)30(26(23)34)21-8-6-20(28)7-9-21/h1-10,13-14H,11-12,15H2,(H,29,33)(H,31,32). The lowest BCUT2D eigenvalue weighted by Crippen LogP contribution is -2.26. The molecule has 2 N–H and O–H groups in total. The average molecular weight is 462 g/mol. The molecule has 34 heavy (non-hydrogen) atoms.